The molecule has 1 unspecified atom stereocenters. The van der Waals surface area contributed by atoms with Gasteiger partial charge in [0.15, 0.2) is 0 Å². The SMILES string of the molecule is CC(C)CN1CCC2(CC1)CCN(CS(C)=S)CC2. The molecule has 2 aliphatic heterocycles. The third kappa shape index (κ3) is 4.76. The first kappa shape index (κ1) is 15.9. The van der Waals surface area contributed by atoms with Crippen molar-refractivity contribution in [1.29, 1.82) is 0 Å². The maximum absolute atomic E-state index is 5.34. The molecule has 0 saturated carbocycles. The van der Waals surface area contributed by atoms with Crippen molar-refractivity contribution in [3.8, 4) is 0 Å². The topological polar surface area (TPSA) is 6.48 Å². The lowest BCUT2D eigenvalue weighted by molar-refractivity contribution is 0.0372. The van der Waals surface area contributed by atoms with Crippen LogP contribution in [0.3, 0.4) is 0 Å². The van der Waals surface area contributed by atoms with Gasteiger partial charge in [0, 0.05) is 12.4 Å². The second-order valence-electron chi connectivity index (χ2n) is 7.01. The predicted molar refractivity (Wildman–Crippen MR) is 89.3 cm³/mol. The van der Waals surface area contributed by atoms with E-state index < -0.39 is 0 Å². The summed E-state index contributed by atoms with van der Waals surface area (Å²) in [4.78, 5) is 5.27. The van der Waals surface area contributed by atoms with Crippen molar-refractivity contribution in [1.82, 2.24) is 9.80 Å². The number of piperidine rings is 2. The fourth-order valence-corrected chi connectivity index (χ4v) is 4.86. The van der Waals surface area contributed by atoms with Gasteiger partial charge in [0.2, 0.25) is 0 Å². The second-order valence-corrected chi connectivity index (χ2v) is 10.1. The van der Waals surface area contributed by atoms with E-state index in [2.05, 4.69) is 29.9 Å². The molecular weight excluding hydrogens is 272 g/mol. The zero-order valence-electron chi connectivity index (χ0n) is 12.9. The van der Waals surface area contributed by atoms with Gasteiger partial charge in [-0.05, 0) is 69.5 Å². The summed E-state index contributed by atoms with van der Waals surface area (Å²) in [6, 6.07) is 0. The summed E-state index contributed by atoms with van der Waals surface area (Å²) in [6.45, 7) is 11.2. The van der Waals surface area contributed by atoms with Gasteiger partial charge in [0.1, 0.15) is 0 Å². The van der Waals surface area contributed by atoms with E-state index in [0.29, 0.717) is 5.41 Å². The summed E-state index contributed by atoms with van der Waals surface area (Å²) in [6.07, 6.45) is 7.87. The molecule has 2 aliphatic rings. The Morgan fingerprint density at radius 2 is 1.47 bits per heavy atom. The minimum absolute atomic E-state index is 0.159. The lowest BCUT2D eigenvalue weighted by atomic mass is 9.71. The van der Waals surface area contributed by atoms with E-state index in [1.54, 1.807) is 0 Å². The fraction of sp³-hybridized carbons (Fsp3) is 1.00. The van der Waals surface area contributed by atoms with Crippen molar-refractivity contribution in [3.63, 3.8) is 0 Å². The van der Waals surface area contributed by atoms with Crippen LogP contribution in [0.15, 0.2) is 0 Å². The molecule has 19 heavy (non-hydrogen) atoms. The second kappa shape index (κ2) is 6.97. The molecule has 1 atom stereocenters. The highest BCUT2D eigenvalue weighted by molar-refractivity contribution is 8.28. The van der Waals surface area contributed by atoms with Crippen LogP contribution in [0.4, 0.5) is 0 Å². The molecule has 112 valence electrons. The van der Waals surface area contributed by atoms with Crippen molar-refractivity contribution < 1.29 is 0 Å². The number of likely N-dealkylation sites (tertiary alicyclic amines) is 2. The number of rotatable bonds is 4. The average molecular weight is 303 g/mol. The average Bonchev–Trinajstić information content (AvgIpc) is 2.34. The van der Waals surface area contributed by atoms with Gasteiger partial charge in [-0.1, -0.05) is 25.0 Å². The van der Waals surface area contributed by atoms with Crippen molar-refractivity contribution in [3.05, 3.63) is 0 Å². The van der Waals surface area contributed by atoms with E-state index in [0.717, 1.165) is 11.8 Å². The zero-order chi connectivity index (χ0) is 13.9. The minimum Gasteiger partial charge on any atom is -0.303 e. The van der Waals surface area contributed by atoms with E-state index in [4.69, 9.17) is 11.2 Å². The fourth-order valence-electron chi connectivity index (χ4n) is 3.64. The van der Waals surface area contributed by atoms with Crippen LogP contribution in [0.25, 0.3) is 0 Å². The minimum atomic E-state index is 0.159. The summed E-state index contributed by atoms with van der Waals surface area (Å²) in [5, 5.41) is 0. The van der Waals surface area contributed by atoms with Gasteiger partial charge >= 0.3 is 0 Å². The molecule has 0 aromatic heterocycles. The Morgan fingerprint density at radius 3 is 1.89 bits per heavy atom. The zero-order valence-corrected chi connectivity index (χ0v) is 14.5. The lowest BCUT2D eigenvalue weighted by Gasteiger charge is -2.47. The Kier molecular flexibility index (Phi) is 5.82. The number of nitrogens with zero attached hydrogens (tertiary/aromatic N) is 2. The summed E-state index contributed by atoms with van der Waals surface area (Å²) in [7, 11) is 0.159. The van der Waals surface area contributed by atoms with Gasteiger partial charge < -0.3 is 4.90 Å². The van der Waals surface area contributed by atoms with Gasteiger partial charge in [-0.2, -0.15) is 0 Å². The maximum Gasteiger partial charge on any atom is 0.0487 e. The third-order valence-corrected chi connectivity index (χ3v) is 5.87. The molecule has 2 saturated heterocycles. The molecular formula is C15H30N2S2. The molecule has 4 heteroatoms. The predicted octanol–water partition coefficient (Wildman–Crippen LogP) is 2.49. The molecule has 2 heterocycles. The molecule has 1 spiro atoms. The van der Waals surface area contributed by atoms with E-state index in [1.165, 1.54) is 58.4 Å². The molecule has 0 bridgehead atoms. The standard InChI is InChI=1S/C15H30N2S2/c1-14(2)12-16-8-4-15(5-9-16)6-10-17(11-7-15)13-19(3)18/h14H,4-13H2,1-3H3. The Bertz CT molecular complexity index is 299. The van der Waals surface area contributed by atoms with Crippen LogP contribution in [0.5, 0.6) is 0 Å². The summed E-state index contributed by atoms with van der Waals surface area (Å²) in [5.41, 5.74) is 0.678. The monoisotopic (exact) mass is 302 g/mol. The third-order valence-electron chi connectivity index (χ3n) is 4.82. The van der Waals surface area contributed by atoms with Crippen molar-refractivity contribution >= 4 is 20.6 Å². The van der Waals surface area contributed by atoms with Crippen LogP contribution in [0.1, 0.15) is 39.5 Å². The summed E-state index contributed by atoms with van der Waals surface area (Å²) in [5.74, 6) is 1.95. The highest BCUT2D eigenvalue weighted by Gasteiger charge is 2.37. The Labute approximate surface area is 126 Å². The van der Waals surface area contributed by atoms with Crippen LogP contribution < -0.4 is 0 Å². The van der Waals surface area contributed by atoms with Gasteiger partial charge in [0.05, 0.1) is 0 Å². The van der Waals surface area contributed by atoms with E-state index >= 15 is 0 Å². The molecule has 2 rings (SSSR count). The van der Waals surface area contributed by atoms with Crippen LogP contribution in [-0.2, 0) is 20.6 Å². The number of hydrogen-bond acceptors (Lipinski definition) is 3. The molecule has 0 N–H and O–H groups in total. The smallest absolute Gasteiger partial charge is 0.0487 e. The van der Waals surface area contributed by atoms with Crippen molar-refractivity contribution in [2.24, 2.45) is 11.3 Å². The first-order valence-corrected chi connectivity index (χ1v) is 10.5. The first-order chi connectivity index (χ1) is 8.99. The first-order valence-electron chi connectivity index (χ1n) is 7.74. The maximum atomic E-state index is 5.34. The van der Waals surface area contributed by atoms with Crippen molar-refractivity contribution in [2.75, 3.05) is 44.9 Å². The molecule has 0 amide bonds. The Balaban J connectivity index is 1.76. The molecule has 0 aromatic rings. The molecule has 0 radical (unpaired) electrons. The molecule has 2 nitrogen and oxygen atoms in total. The summed E-state index contributed by atoms with van der Waals surface area (Å²) >= 11 is 5.34. The Hall–Kier alpha value is 0.490. The lowest BCUT2D eigenvalue weighted by Crippen LogP contribution is -2.47. The highest BCUT2D eigenvalue weighted by Crippen LogP contribution is 2.41. The van der Waals surface area contributed by atoms with Crippen LogP contribution >= 0.6 is 0 Å². The quantitative estimate of drug-likeness (QED) is 0.788. The normalized spacial score (nSPS) is 26.9. The van der Waals surface area contributed by atoms with Gasteiger partial charge in [-0.25, -0.2) is 0 Å². The van der Waals surface area contributed by atoms with Crippen LogP contribution in [-0.4, -0.2) is 54.7 Å². The van der Waals surface area contributed by atoms with Crippen LogP contribution in [0.2, 0.25) is 0 Å². The molecule has 0 aliphatic carbocycles. The highest BCUT2D eigenvalue weighted by atomic mass is 32.8. The van der Waals surface area contributed by atoms with Crippen molar-refractivity contribution in [2.45, 2.75) is 39.5 Å². The largest absolute Gasteiger partial charge is 0.303 e. The Morgan fingerprint density at radius 1 is 1.00 bits per heavy atom. The van der Waals surface area contributed by atoms with Gasteiger partial charge in [-0.15, -0.1) is 9.45 Å². The molecule has 2 fully saturated rings. The van der Waals surface area contributed by atoms with E-state index in [1.807, 2.05) is 0 Å². The molecule has 0 aromatic carbocycles. The summed E-state index contributed by atoms with van der Waals surface area (Å²) < 4.78 is 0. The van der Waals surface area contributed by atoms with E-state index in [-0.39, 0.29) is 9.45 Å². The van der Waals surface area contributed by atoms with Gasteiger partial charge in [0.25, 0.3) is 0 Å². The van der Waals surface area contributed by atoms with Crippen LogP contribution in [0, 0.1) is 11.3 Å². The van der Waals surface area contributed by atoms with Gasteiger partial charge in [-0.3, -0.25) is 4.90 Å². The van der Waals surface area contributed by atoms with E-state index in [9.17, 15) is 0 Å². The number of hydrogen-bond donors (Lipinski definition) is 0.